The third-order valence-electron chi connectivity index (χ3n) is 3.10. The van der Waals surface area contributed by atoms with Gasteiger partial charge in [0, 0.05) is 23.6 Å². The van der Waals surface area contributed by atoms with Crippen molar-refractivity contribution < 1.29 is 0 Å². The summed E-state index contributed by atoms with van der Waals surface area (Å²) in [5, 5.41) is 1.34. The van der Waals surface area contributed by atoms with Crippen molar-refractivity contribution in [2.24, 2.45) is 7.05 Å². The zero-order valence-corrected chi connectivity index (χ0v) is 11.0. The number of nitrogens with zero attached hydrogens (tertiary/aromatic N) is 1. The first-order valence-electron chi connectivity index (χ1n) is 5.97. The monoisotopic (exact) mass is 225 g/mol. The lowest BCUT2D eigenvalue weighted by Gasteiger charge is -1.99. The smallest absolute Gasteiger partial charge is 0.0485 e. The maximum atomic E-state index is 2.25. The first-order chi connectivity index (χ1) is 8.11. The van der Waals surface area contributed by atoms with Gasteiger partial charge in [-0.2, -0.15) is 0 Å². The molecule has 1 heteroatoms. The van der Waals surface area contributed by atoms with Crippen molar-refractivity contribution in [1.82, 2.24) is 4.57 Å². The van der Waals surface area contributed by atoms with E-state index in [1.165, 1.54) is 27.7 Å². The Bertz CT molecular complexity index is 554. The van der Waals surface area contributed by atoms with Crippen LogP contribution in [0.5, 0.6) is 0 Å². The highest BCUT2D eigenvalue weighted by Crippen LogP contribution is 2.25. The van der Waals surface area contributed by atoms with E-state index in [4.69, 9.17) is 0 Å². The quantitative estimate of drug-likeness (QED) is 0.665. The first kappa shape index (κ1) is 11.7. The lowest BCUT2D eigenvalue weighted by Crippen LogP contribution is -1.90. The zero-order chi connectivity index (χ0) is 12.4. The fraction of sp³-hybridized carbons (Fsp3) is 0.250. The first-order valence-corrected chi connectivity index (χ1v) is 5.97. The number of fused-ring (bicyclic) bond motifs is 1. The van der Waals surface area contributed by atoms with Crippen molar-refractivity contribution in [3.63, 3.8) is 0 Å². The van der Waals surface area contributed by atoms with E-state index in [0.717, 1.165) is 0 Å². The molecule has 0 aliphatic heterocycles. The normalized spacial score (nSPS) is 11.3. The number of benzene rings is 1. The molecule has 17 heavy (non-hydrogen) atoms. The predicted molar refractivity (Wildman–Crippen MR) is 76.1 cm³/mol. The third kappa shape index (κ3) is 2.19. The maximum Gasteiger partial charge on any atom is 0.0485 e. The van der Waals surface area contributed by atoms with Gasteiger partial charge in [-0.1, -0.05) is 35.9 Å². The second-order valence-electron chi connectivity index (χ2n) is 4.69. The van der Waals surface area contributed by atoms with Gasteiger partial charge in [0.2, 0.25) is 0 Å². The van der Waals surface area contributed by atoms with Gasteiger partial charge >= 0.3 is 0 Å². The van der Waals surface area contributed by atoms with E-state index < -0.39 is 0 Å². The molecule has 2 rings (SSSR count). The second kappa shape index (κ2) is 4.62. The molecule has 0 unspecified atom stereocenters. The molecule has 88 valence electrons. The Morgan fingerprint density at radius 2 is 1.88 bits per heavy atom. The highest BCUT2D eigenvalue weighted by atomic mass is 14.9. The van der Waals surface area contributed by atoms with E-state index in [1.807, 2.05) is 0 Å². The summed E-state index contributed by atoms with van der Waals surface area (Å²) < 4.78 is 2.25. The number of para-hydroxylation sites is 1. The van der Waals surface area contributed by atoms with Crippen molar-refractivity contribution in [2.45, 2.75) is 20.8 Å². The summed E-state index contributed by atoms with van der Waals surface area (Å²) >= 11 is 0. The summed E-state index contributed by atoms with van der Waals surface area (Å²) in [5.41, 5.74) is 5.24. The molecule has 0 N–H and O–H groups in total. The molecule has 1 heterocycles. The van der Waals surface area contributed by atoms with Crippen LogP contribution < -0.4 is 0 Å². The molecule has 0 aliphatic carbocycles. The molecule has 1 aromatic heterocycles. The van der Waals surface area contributed by atoms with Gasteiger partial charge in [0.15, 0.2) is 0 Å². The highest BCUT2D eigenvalue weighted by molar-refractivity contribution is 5.87. The van der Waals surface area contributed by atoms with Gasteiger partial charge in [0.05, 0.1) is 0 Å². The van der Waals surface area contributed by atoms with Crippen molar-refractivity contribution in [1.29, 1.82) is 0 Å². The molecular formula is C16H19N. The lowest BCUT2D eigenvalue weighted by atomic mass is 10.1. The molecule has 0 fully saturated rings. The van der Waals surface area contributed by atoms with Crippen molar-refractivity contribution >= 4 is 17.0 Å². The number of aromatic nitrogens is 1. The molecule has 0 atom stereocenters. The molecule has 0 spiro atoms. The van der Waals surface area contributed by atoms with Crippen LogP contribution in [0.3, 0.4) is 0 Å². The molecule has 0 aliphatic rings. The largest absolute Gasteiger partial charge is 0.344 e. The third-order valence-corrected chi connectivity index (χ3v) is 3.10. The Kier molecular flexibility index (Phi) is 3.19. The van der Waals surface area contributed by atoms with Crippen LogP contribution in [0.1, 0.15) is 25.1 Å². The number of hydrogen-bond acceptors (Lipinski definition) is 0. The van der Waals surface area contributed by atoms with Gasteiger partial charge < -0.3 is 4.57 Å². The predicted octanol–water partition coefficient (Wildman–Crippen LogP) is 4.47. The molecule has 1 nitrogen and oxygen atoms in total. The Morgan fingerprint density at radius 3 is 2.53 bits per heavy atom. The van der Waals surface area contributed by atoms with Gasteiger partial charge in [-0.3, -0.25) is 0 Å². The van der Waals surface area contributed by atoms with E-state index in [-0.39, 0.29) is 0 Å². The summed E-state index contributed by atoms with van der Waals surface area (Å²) in [7, 11) is 2.12. The molecule has 1 aromatic carbocycles. The highest BCUT2D eigenvalue weighted by Gasteiger charge is 2.07. The summed E-state index contributed by atoms with van der Waals surface area (Å²) in [6, 6.07) is 8.54. The number of hydrogen-bond donors (Lipinski definition) is 0. The van der Waals surface area contributed by atoms with Crippen LogP contribution in [0, 0.1) is 6.92 Å². The lowest BCUT2D eigenvalue weighted by molar-refractivity contribution is 0.949. The summed E-state index contributed by atoms with van der Waals surface area (Å²) in [6.07, 6.45) is 6.44. The average molecular weight is 225 g/mol. The zero-order valence-electron chi connectivity index (χ0n) is 11.0. The van der Waals surface area contributed by atoms with Gasteiger partial charge in [-0.15, -0.1) is 0 Å². The minimum absolute atomic E-state index is 1.28. The Balaban J connectivity index is 2.55. The average Bonchev–Trinajstić information content (AvgIpc) is 2.54. The minimum atomic E-state index is 1.28. The molecule has 0 amide bonds. The number of aryl methyl sites for hydroxylation is 2. The van der Waals surface area contributed by atoms with Gasteiger partial charge in [-0.05, 0) is 38.5 Å². The SMILES string of the molecule is CC(C)=CC=Cc1c(C)c2ccccc2n1C. The summed E-state index contributed by atoms with van der Waals surface area (Å²) in [4.78, 5) is 0. The number of rotatable bonds is 2. The van der Waals surface area contributed by atoms with Crippen LogP contribution in [0.25, 0.3) is 17.0 Å². The summed E-state index contributed by atoms with van der Waals surface area (Å²) in [5.74, 6) is 0. The van der Waals surface area contributed by atoms with Crippen molar-refractivity contribution in [2.75, 3.05) is 0 Å². The van der Waals surface area contributed by atoms with Gasteiger partial charge in [-0.25, -0.2) is 0 Å². The van der Waals surface area contributed by atoms with Crippen LogP contribution in [0.2, 0.25) is 0 Å². The molecule has 0 saturated carbocycles. The second-order valence-corrected chi connectivity index (χ2v) is 4.69. The van der Waals surface area contributed by atoms with Crippen LogP contribution >= 0.6 is 0 Å². The number of allylic oxidation sites excluding steroid dienone is 3. The fourth-order valence-corrected chi connectivity index (χ4v) is 2.17. The summed E-state index contributed by atoms with van der Waals surface area (Å²) in [6.45, 7) is 6.40. The van der Waals surface area contributed by atoms with Crippen LogP contribution in [-0.2, 0) is 7.05 Å². The molecule has 0 radical (unpaired) electrons. The molecular weight excluding hydrogens is 206 g/mol. The Labute approximate surface area is 103 Å². The van der Waals surface area contributed by atoms with Gasteiger partial charge in [0.25, 0.3) is 0 Å². The van der Waals surface area contributed by atoms with Gasteiger partial charge in [0.1, 0.15) is 0 Å². The standard InChI is InChI=1S/C16H19N/c1-12(2)8-7-11-15-13(3)14-9-5-6-10-16(14)17(15)4/h5-11H,1-4H3. The van der Waals surface area contributed by atoms with E-state index in [9.17, 15) is 0 Å². The molecule has 2 aromatic rings. The van der Waals surface area contributed by atoms with E-state index in [2.05, 4.69) is 74.9 Å². The van der Waals surface area contributed by atoms with Crippen molar-refractivity contribution in [3.05, 3.63) is 53.2 Å². The van der Waals surface area contributed by atoms with Crippen LogP contribution in [0.15, 0.2) is 42.0 Å². The molecule has 0 bridgehead atoms. The van der Waals surface area contributed by atoms with Crippen molar-refractivity contribution in [3.8, 4) is 0 Å². The van der Waals surface area contributed by atoms with Crippen LogP contribution in [0.4, 0.5) is 0 Å². The minimum Gasteiger partial charge on any atom is -0.344 e. The maximum absolute atomic E-state index is 2.25. The van der Waals surface area contributed by atoms with E-state index >= 15 is 0 Å². The molecule has 0 saturated heterocycles. The van der Waals surface area contributed by atoms with Crippen LogP contribution in [-0.4, -0.2) is 4.57 Å². The fourth-order valence-electron chi connectivity index (χ4n) is 2.17. The van der Waals surface area contributed by atoms with E-state index in [0.29, 0.717) is 0 Å². The topological polar surface area (TPSA) is 4.93 Å². The Hall–Kier alpha value is -1.76. The Morgan fingerprint density at radius 1 is 1.18 bits per heavy atom. The van der Waals surface area contributed by atoms with E-state index in [1.54, 1.807) is 0 Å².